The Balaban J connectivity index is 2.22. The summed E-state index contributed by atoms with van der Waals surface area (Å²) in [5.41, 5.74) is 3.83. The van der Waals surface area contributed by atoms with E-state index < -0.39 is 0 Å². The van der Waals surface area contributed by atoms with Gasteiger partial charge in [-0.1, -0.05) is 47.0 Å². The lowest BCUT2D eigenvalue weighted by Crippen LogP contribution is -1.80. The molecule has 0 atom stereocenters. The molecule has 0 radical (unpaired) electrons. The molecule has 0 bridgehead atoms. The highest BCUT2D eigenvalue weighted by Crippen LogP contribution is 2.29. The lowest BCUT2D eigenvalue weighted by atomic mass is 10.1. The molecular formula is C14H10Cl2N2. The van der Waals surface area contributed by atoms with E-state index in [4.69, 9.17) is 23.2 Å². The Morgan fingerprint density at radius 1 is 1.11 bits per heavy atom. The SMILES string of the molecule is Cc1cccc(-c2nc3c(Cl)cc(Cl)cc3[nH]2)c1. The highest BCUT2D eigenvalue weighted by atomic mass is 35.5. The molecule has 18 heavy (non-hydrogen) atoms. The molecule has 0 spiro atoms. The van der Waals surface area contributed by atoms with Crippen LogP contribution in [-0.2, 0) is 0 Å². The van der Waals surface area contributed by atoms with Gasteiger partial charge in [0.1, 0.15) is 11.3 Å². The molecular weight excluding hydrogens is 267 g/mol. The smallest absolute Gasteiger partial charge is 0.138 e. The fourth-order valence-electron chi connectivity index (χ4n) is 1.97. The Hall–Kier alpha value is -1.51. The molecule has 0 fully saturated rings. The molecule has 0 unspecified atom stereocenters. The Labute approximate surface area is 115 Å². The van der Waals surface area contributed by atoms with Gasteiger partial charge in [-0.25, -0.2) is 4.98 Å². The number of fused-ring (bicyclic) bond motifs is 1. The van der Waals surface area contributed by atoms with Crippen molar-refractivity contribution in [2.75, 3.05) is 0 Å². The molecule has 1 heterocycles. The average molecular weight is 277 g/mol. The van der Waals surface area contributed by atoms with Gasteiger partial charge in [-0.15, -0.1) is 0 Å². The lowest BCUT2D eigenvalue weighted by Gasteiger charge is -1.97. The molecule has 0 aliphatic heterocycles. The number of imidazole rings is 1. The van der Waals surface area contributed by atoms with Crippen LogP contribution in [0.3, 0.4) is 0 Å². The zero-order valence-corrected chi connectivity index (χ0v) is 11.2. The van der Waals surface area contributed by atoms with Crippen LogP contribution in [0.2, 0.25) is 10.0 Å². The van der Waals surface area contributed by atoms with Gasteiger partial charge in [0.15, 0.2) is 0 Å². The van der Waals surface area contributed by atoms with E-state index in [2.05, 4.69) is 29.0 Å². The number of hydrogen-bond acceptors (Lipinski definition) is 1. The molecule has 0 saturated carbocycles. The lowest BCUT2D eigenvalue weighted by molar-refractivity contribution is 1.32. The van der Waals surface area contributed by atoms with Gasteiger partial charge in [-0.3, -0.25) is 0 Å². The van der Waals surface area contributed by atoms with Gasteiger partial charge in [0.2, 0.25) is 0 Å². The molecule has 1 N–H and O–H groups in total. The van der Waals surface area contributed by atoms with Crippen molar-refractivity contribution in [1.29, 1.82) is 0 Å². The summed E-state index contributed by atoms with van der Waals surface area (Å²) >= 11 is 12.1. The standard InChI is InChI=1S/C14H10Cl2N2/c1-8-3-2-4-9(5-8)14-17-12-7-10(15)6-11(16)13(12)18-14/h2-7H,1H3,(H,17,18). The van der Waals surface area contributed by atoms with Crippen molar-refractivity contribution in [2.24, 2.45) is 0 Å². The number of aromatic amines is 1. The monoisotopic (exact) mass is 276 g/mol. The number of hydrogen-bond donors (Lipinski definition) is 1. The van der Waals surface area contributed by atoms with E-state index in [-0.39, 0.29) is 0 Å². The second-order valence-electron chi connectivity index (χ2n) is 4.24. The highest BCUT2D eigenvalue weighted by molar-refractivity contribution is 6.38. The van der Waals surface area contributed by atoms with Crippen LogP contribution in [0.4, 0.5) is 0 Å². The van der Waals surface area contributed by atoms with Crippen molar-refractivity contribution < 1.29 is 0 Å². The Bertz CT molecular complexity index is 732. The number of benzene rings is 2. The van der Waals surface area contributed by atoms with Crippen LogP contribution in [-0.4, -0.2) is 9.97 Å². The maximum Gasteiger partial charge on any atom is 0.138 e. The van der Waals surface area contributed by atoms with Gasteiger partial charge in [-0.05, 0) is 25.1 Å². The maximum atomic E-state index is 6.13. The third-order valence-electron chi connectivity index (χ3n) is 2.80. The summed E-state index contributed by atoms with van der Waals surface area (Å²) in [6, 6.07) is 11.7. The van der Waals surface area contributed by atoms with Crippen molar-refractivity contribution in [3.63, 3.8) is 0 Å². The van der Waals surface area contributed by atoms with E-state index in [1.165, 1.54) is 5.56 Å². The largest absolute Gasteiger partial charge is 0.338 e. The van der Waals surface area contributed by atoms with Crippen LogP contribution >= 0.6 is 23.2 Å². The van der Waals surface area contributed by atoms with E-state index >= 15 is 0 Å². The van der Waals surface area contributed by atoms with Crippen LogP contribution in [0.15, 0.2) is 36.4 Å². The van der Waals surface area contributed by atoms with Crippen LogP contribution < -0.4 is 0 Å². The number of H-pyrrole nitrogens is 1. The zero-order valence-electron chi connectivity index (χ0n) is 9.67. The summed E-state index contributed by atoms with van der Waals surface area (Å²) in [4.78, 5) is 7.76. The van der Waals surface area contributed by atoms with E-state index in [9.17, 15) is 0 Å². The fourth-order valence-corrected chi connectivity index (χ4v) is 2.51. The van der Waals surface area contributed by atoms with Crippen LogP contribution in [0, 0.1) is 6.92 Å². The van der Waals surface area contributed by atoms with Gasteiger partial charge >= 0.3 is 0 Å². The summed E-state index contributed by atoms with van der Waals surface area (Å²) in [5, 5.41) is 1.17. The third kappa shape index (κ3) is 1.98. The first-order valence-electron chi connectivity index (χ1n) is 5.55. The number of halogens is 2. The highest BCUT2D eigenvalue weighted by Gasteiger charge is 2.09. The summed E-state index contributed by atoms with van der Waals surface area (Å²) in [6.07, 6.45) is 0. The molecule has 0 saturated heterocycles. The predicted molar refractivity (Wildman–Crippen MR) is 76.3 cm³/mol. The molecule has 4 heteroatoms. The molecule has 0 aliphatic carbocycles. The maximum absolute atomic E-state index is 6.13. The first kappa shape index (κ1) is 11.6. The minimum absolute atomic E-state index is 0.563. The van der Waals surface area contributed by atoms with Crippen LogP contribution in [0.5, 0.6) is 0 Å². The molecule has 3 rings (SSSR count). The summed E-state index contributed by atoms with van der Waals surface area (Å²) in [7, 11) is 0. The minimum Gasteiger partial charge on any atom is -0.338 e. The fraction of sp³-hybridized carbons (Fsp3) is 0.0714. The van der Waals surface area contributed by atoms with Crippen molar-refractivity contribution in [1.82, 2.24) is 9.97 Å². The van der Waals surface area contributed by atoms with Gasteiger partial charge in [-0.2, -0.15) is 0 Å². The number of aryl methyl sites for hydroxylation is 1. The number of rotatable bonds is 1. The van der Waals surface area contributed by atoms with Crippen molar-refractivity contribution in [3.05, 3.63) is 52.0 Å². The molecule has 90 valence electrons. The normalized spacial score (nSPS) is 11.1. The van der Waals surface area contributed by atoms with Crippen LogP contribution in [0.1, 0.15) is 5.56 Å². The number of aromatic nitrogens is 2. The van der Waals surface area contributed by atoms with Crippen molar-refractivity contribution in [3.8, 4) is 11.4 Å². The summed E-state index contributed by atoms with van der Waals surface area (Å²) < 4.78 is 0. The van der Waals surface area contributed by atoms with Gasteiger partial charge in [0, 0.05) is 10.6 Å². The second kappa shape index (κ2) is 4.30. The van der Waals surface area contributed by atoms with Crippen molar-refractivity contribution in [2.45, 2.75) is 6.92 Å². The van der Waals surface area contributed by atoms with E-state index in [1.807, 2.05) is 18.2 Å². The summed E-state index contributed by atoms with van der Waals surface area (Å²) in [6.45, 7) is 2.05. The number of nitrogens with zero attached hydrogens (tertiary/aromatic N) is 1. The topological polar surface area (TPSA) is 28.7 Å². The van der Waals surface area contributed by atoms with Crippen molar-refractivity contribution >= 4 is 34.2 Å². The second-order valence-corrected chi connectivity index (χ2v) is 5.08. The van der Waals surface area contributed by atoms with E-state index in [0.717, 1.165) is 22.4 Å². The molecule has 2 aromatic carbocycles. The third-order valence-corrected chi connectivity index (χ3v) is 3.30. The Morgan fingerprint density at radius 2 is 1.94 bits per heavy atom. The molecule has 2 nitrogen and oxygen atoms in total. The number of nitrogens with one attached hydrogen (secondary N) is 1. The van der Waals surface area contributed by atoms with E-state index in [0.29, 0.717) is 10.0 Å². The predicted octanol–water partition coefficient (Wildman–Crippen LogP) is 4.85. The Morgan fingerprint density at radius 3 is 2.72 bits per heavy atom. The van der Waals surface area contributed by atoms with Gasteiger partial charge in [0.25, 0.3) is 0 Å². The zero-order chi connectivity index (χ0) is 12.7. The average Bonchev–Trinajstić information content (AvgIpc) is 2.73. The van der Waals surface area contributed by atoms with Crippen LogP contribution in [0.25, 0.3) is 22.4 Å². The van der Waals surface area contributed by atoms with Gasteiger partial charge in [0.05, 0.1) is 10.5 Å². The molecule has 1 aromatic heterocycles. The van der Waals surface area contributed by atoms with Gasteiger partial charge < -0.3 is 4.98 Å². The first-order chi connectivity index (χ1) is 8.63. The Kier molecular flexibility index (Phi) is 2.77. The first-order valence-corrected chi connectivity index (χ1v) is 6.31. The molecule has 0 aliphatic rings. The molecule has 3 aromatic rings. The molecule has 0 amide bonds. The quantitative estimate of drug-likeness (QED) is 0.677. The summed E-state index contributed by atoms with van der Waals surface area (Å²) in [5.74, 6) is 0.804. The van der Waals surface area contributed by atoms with E-state index in [1.54, 1.807) is 6.07 Å². The minimum atomic E-state index is 0.563.